The van der Waals surface area contributed by atoms with Crippen molar-refractivity contribution in [3.8, 4) is 0 Å². The van der Waals surface area contributed by atoms with Crippen molar-refractivity contribution in [2.24, 2.45) is 0 Å². The summed E-state index contributed by atoms with van der Waals surface area (Å²) in [5.74, 6) is -0.465. The molecule has 2 unspecified atom stereocenters. The molecule has 2 atom stereocenters. The number of sulfone groups is 1. The van der Waals surface area contributed by atoms with E-state index >= 15 is 0 Å². The van der Waals surface area contributed by atoms with Crippen LogP contribution >= 0.6 is 0 Å². The smallest absolute Gasteiger partial charge is 0.157 e. The van der Waals surface area contributed by atoms with E-state index in [9.17, 15) is 13.5 Å². The van der Waals surface area contributed by atoms with Crippen LogP contribution in [0.5, 0.6) is 0 Å². The number of hydrogen-bond acceptors (Lipinski definition) is 5. The molecule has 1 aromatic heterocycles. The van der Waals surface area contributed by atoms with Crippen molar-refractivity contribution in [1.29, 1.82) is 0 Å². The first-order valence-electron chi connectivity index (χ1n) is 6.66. The molecule has 0 aliphatic rings. The molecular formula is C15H19NO4S. The summed E-state index contributed by atoms with van der Waals surface area (Å²) in [4.78, 5) is 4.24. The van der Waals surface area contributed by atoms with E-state index in [1.54, 1.807) is 13.1 Å². The average molecular weight is 309 g/mol. The highest BCUT2D eigenvalue weighted by molar-refractivity contribution is 7.90. The molecule has 0 bridgehead atoms. The predicted octanol–water partition coefficient (Wildman–Crippen LogP) is 1.55. The third kappa shape index (κ3) is 4.23. The molecule has 1 heterocycles. The number of methoxy groups -OCH3 is 1. The molecule has 6 heteroatoms. The summed E-state index contributed by atoms with van der Waals surface area (Å²) >= 11 is 0. The van der Waals surface area contributed by atoms with Gasteiger partial charge in [0.15, 0.2) is 9.84 Å². The molecule has 0 fully saturated rings. The summed E-state index contributed by atoms with van der Waals surface area (Å²) in [6.45, 7) is 1.64. The fourth-order valence-electron chi connectivity index (χ4n) is 2.06. The molecule has 1 N–H and O–H groups in total. The van der Waals surface area contributed by atoms with E-state index in [2.05, 4.69) is 4.98 Å². The molecule has 0 spiro atoms. The molecule has 114 valence electrons. The van der Waals surface area contributed by atoms with Gasteiger partial charge in [-0.3, -0.25) is 4.98 Å². The zero-order chi connectivity index (χ0) is 15.5. The van der Waals surface area contributed by atoms with E-state index in [0.29, 0.717) is 5.56 Å². The first-order valence-corrected chi connectivity index (χ1v) is 8.48. The van der Waals surface area contributed by atoms with Gasteiger partial charge in [-0.2, -0.15) is 0 Å². The Morgan fingerprint density at radius 2 is 2.05 bits per heavy atom. The number of rotatable bonds is 6. The minimum Gasteiger partial charge on any atom is -0.389 e. The van der Waals surface area contributed by atoms with Crippen LogP contribution < -0.4 is 0 Å². The molecule has 1 aromatic carbocycles. The SMILES string of the molecule is COC(C)C(O)CS(=O)(=O)Cc1cnc2ccccc2c1. The van der Waals surface area contributed by atoms with Gasteiger partial charge in [0, 0.05) is 18.7 Å². The van der Waals surface area contributed by atoms with E-state index in [4.69, 9.17) is 4.74 Å². The van der Waals surface area contributed by atoms with Crippen LogP contribution in [-0.4, -0.2) is 43.6 Å². The molecule has 0 saturated heterocycles. The van der Waals surface area contributed by atoms with Gasteiger partial charge in [0.1, 0.15) is 0 Å². The third-order valence-corrected chi connectivity index (χ3v) is 4.99. The van der Waals surface area contributed by atoms with E-state index in [1.165, 1.54) is 7.11 Å². The minimum absolute atomic E-state index is 0.141. The summed E-state index contributed by atoms with van der Waals surface area (Å²) in [6.07, 6.45) is 0.00867. The van der Waals surface area contributed by atoms with Gasteiger partial charge in [-0.05, 0) is 24.6 Å². The van der Waals surface area contributed by atoms with E-state index in [-0.39, 0.29) is 11.5 Å². The number of para-hydroxylation sites is 1. The predicted molar refractivity (Wildman–Crippen MR) is 81.7 cm³/mol. The Labute approximate surface area is 124 Å². The topological polar surface area (TPSA) is 76.5 Å². The number of nitrogens with zero attached hydrogens (tertiary/aromatic N) is 1. The average Bonchev–Trinajstić information content (AvgIpc) is 2.45. The fourth-order valence-corrected chi connectivity index (χ4v) is 3.64. The summed E-state index contributed by atoms with van der Waals surface area (Å²) in [5, 5.41) is 10.7. The van der Waals surface area contributed by atoms with Gasteiger partial charge in [0.2, 0.25) is 0 Å². The maximum atomic E-state index is 12.1. The summed E-state index contributed by atoms with van der Waals surface area (Å²) < 4.78 is 29.2. The van der Waals surface area contributed by atoms with Gasteiger partial charge in [0.05, 0.1) is 29.2 Å². The number of pyridine rings is 1. The number of fused-ring (bicyclic) bond motifs is 1. The normalized spacial score (nSPS) is 15.0. The second kappa shape index (κ2) is 6.51. The van der Waals surface area contributed by atoms with Gasteiger partial charge in [-0.25, -0.2) is 8.42 Å². The monoisotopic (exact) mass is 309 g/mol. The molecular weight excluding hydrogens is 290 g/mol. The standard InChI is InChI=1S/C15H19NO4S/c1-11(20-2)15(17)10-21(18,19)9-12-7-13-5-3-4-6-14(13)16-8-12/h3-8,11,15,17H,9-10H2,1-2H3. The summed E-state index contributed by atoms with van der Waals surface area (Å²) in [7, 11) is -1.99. The number of aliphatic hydroxyl groups is 1. The lowest BCUT2D eigenvalue weighted by Gasteiger charge is -2.17. The molecule has 0 amide bonds. The van der Waals surface area contributed by atoms with Crippen molar-refractivity contribution in [1.82, 2.24) is 4.98 Å². The molecule has 0 radical (unpaired) electrons. The van der Waals surface area contributed by atoms with Gasteiger partial charge < -0.3 is 9.84 Å². The Balaban J connectivity index is 2.14. The first-order chi connectivity index (χ1) is 9.91. The molecule has 21 heavy (non-hydrogen) atoms. The minimum atomic E-state index is -3.43. The van der Waals surface area contributed by atoms with Crippen molar-refractivity contribution >= 4 is 20.7 Å². The maximum absolute atomic E-state index is 12.1. The highest BCUT2D eigenvalue weighted by Gasteiger charge is 2.22. The fraction of sp³-hybridized carbons (Fsp3) is 0.400. The maximum Gasteiger partial charge on any atom is 0.157 e. The van der Waals surface area contributed by atoms with Crippen LogP contribution in [0.3, 0.4) is 0 Å². The number of ether oxygens (including phenoxy) is 1. The van der Waals surface area contributed by atoms with Crippen molar-refractivity contribution in [2.45, 2.75) is 24.9 Å². The van der Waals surface area contributed by atoms with Crippen LogP contribution in [0.25, 0.3) is 10.9 Å². The highest BCUT2D eigenvalue weighted by Crippen LogP contribution is 2.15. The summed E-state index contributed by atoms with van der Waals surface area (Å²) in [5.41, 5.74) is 1.44. The molecule has 2 rings (SSSR count). The number of aromatic nitrogens is 1. The Hall–Kier alpha value is -1.50. The number of hydrogen-bond donors (Lipinski definition) is 1. The number of benzene rings is 1. The zero-order valence-electron chi connectivity index (χ0n) is 12.1. The molecule has 0 aliphatic heterocycles. The van der Waals surface area contributed by atoms with Crippen molar-refractivity contribution in [2.75, 3.05) is 12.9 Å². The Bertz CT molecular complexity index is 714. The van der Waals surface area contributed by atoms with E-state index < -0.39 is 22.0 Å². The number of aliphatic hydroxyl groups excluding tert-OH is 1. The largest absolute Gasteiger partial charge is 0.389 e. The Morgan fingerprint density at radius 3 is 2.76 bits per heavy atom. The lowest BCUT2D eigenvalue weighted by Crippen LogP contribution is -2.32. The van der Waals surface area contributed by atoms with E-state index in [1.807, 2.05) is 30.3 Å². The molecule has 0 saturated carbocycles. The second-order valence-electron chi connectivity index (χ2n) is 5.10. The first kappa shape index (κ1) is 15.9. The van der Waals surface area contributed by atoms with E-state index in [0.717, 1.165) is 10.9 Å². The third-order valence-electron chi connectivity index (χ3n) is 3.37. The van der Waals surface area contributed by atoms with Crippen LogP contribution in [0.4, 0.5) is 0 Å². The second-order valence-corrected chi connectivity index (χ2v) is 7.21. The van der Waals surface area contributed by atoms with Crippen LogP contribution in [0.1, 0.15) is 12.5 Å². The van der Waals surface area contributed by atoms with Crippen LogP contribution in [0.2, 0.25) is 0 Å². The van der Waals surface area contributed by atoms with Gasteiger partial charge in [-0.15, -0.1) is 0 Å². The van der Waals surface area contributed by atoms with Gasteiger partial charge >= 0.3 is 0 Å². The Kier molecular flexibility index (Phi) is 4.92. The molecule has 5 nitrogen and oxygen atoms in total. The molecule has 2 aromatic rings. The van der Waals surface area contributed by atoms with Crippen LogP contribution in [-0.2, 0) is 20.3 Å². The summed E-state index contributed by atoms with van der Waals surface area (Å²) in [6, 6.07) is 9.34. The lowest BCUT2D eigenvalue weighted by molar-refractivity contribution is 0.0116. The van der Waals surface area contributed by atoms with Crippen molar-refractivity contribution in [3.05, 3.63) is 42.1 Å². The molecule has 0 aliphatic carbocycles. The van der Waals surface area contributed by atoms with Gasteiger partial charge in [-0.1, -0.05) is 18.2 Å². The van der Waals surface area contributed by atoms with Crippen molar-refractivity contribution < 1.29 is 18.3 Å². The van der Waals surface area contributed by atoms with Crippen LogP contribution in [0, 0.1) is 0 Å². The quantitative estimate of drug-likeness (QED) is 0.876. The Morgan fingerprint density at radius 1 is 1.33 bits per heavy atom. The zero-order valence-corrected chi connectivity index (χ0v) is 12.9. The lowest BCUT2D eigenvalue weighted by atomic mass is 10.2. The van der Waals surface area contributed by atoms with Crippen LogP contribution in [0.15, 0.2) is 36.5 Å². The van der Waals surface area contributed by atoms with Gasteiger partial charge in [0.25, 0.3) is 0 Å². The highest BCUT2D eigenvalue weighted by atomic mass is 32.2. The van der Waals surface area contributed by atoms with Crippen molar-refractivity contribution in [3.63, 3.8) is 0 Å².